The third-order valence-electron chi connectivity index (χ3n) is 2.61. The first-order valence-corrected chi connectivity index (χ1v) is 5.73. The van der Waals surface area contributed by atoms with Crippen LogP contribution in [-0.2, 0) is 13.2 Å². The maximum absolute atomic E-state index is 9.11. The summed E-state index contributed by atoms with van der Waals surface area (Å²) in [5.74, 6) is 1.85. The van der Waals surface area contributed by atoms with Crippen molar-refractivity contribution in [3.8, 4) is 5.75 Å². The monoisotopic (exact) mass is 248 g/mol. The zero-order valence-corrected chi connectivity index (χ0v) is 10.7. The molecule has 5 nitrogen and oxygen atoms in total. The molecule has 0 amide bonds. The summed E-state index contributed by atoms with van der Waals surface area (Å²) >= 11 is 0. The molecule has 0 unspecified atom stereocenters. The largest absolute Gasteiger partial charge is 0.483 e. The number of aryl methyl sites for hydroxylation is 3. The average molecular weight is 248 g/mol. The molecule has 0 aliphatic carbocycles. The quantitative estimate of drug-likeness (QED) is 0.897. The topological polar surface area (TPSA) is 68.4 Å². The summed E-state index contributed by atoms with van der Waals surface area (Å²) in [6, 6.07) is 3.81. The second-order valence-electron chi connectivity index (χ2n) is 4.24. The first-order valence-electron chi connectivity index (χ1n) is 5.73. The van der Waals surface area contributed by atoms with Gasteiger partial charge in [0.05, 0.1) is 6.61 Å². The van der Waals surface area contributed by atoms with Gasteiger partial charge >= 0.3 is 0 Å². The molecule has 0 atom stereocenters. The number of benzene rings is 1. The fraction of sp³-hybridized carbons (Fsp3) is 0.385. The summed E-state index contributed by atoms with van der Waals surface area (Å²) in [5, 5.41) is 12.8. The number of aromatic nitrogens is 2. The number of aliphatic hydroxyl groups excluding tert-OH is 1. The minimum Gasteiger partial charge on any atom is -0.483 e. The van der Waals surface area contributed by atoms with Crippen LogP contribution >= 0.6 is 0 Å². The molecule has 5 heteroatoms. The number of hydrogen-bond donors (Lipinski definition) is 1. The molecule has 18 heavy (non-hydrogen) atoms. The van der Waals surface area contributed by atoms with Gasteiger partial charge in [-0.2, -0.15) is 4.98 Å². The van der Waals surface area contributed by atoms with Crippen LogP contribution in [0.4, 0.5) is 0 Å². The van der Waals surface area contributed by atoms with Crippen molar-refractivity contribution in [2.24, 2.45) is 0 Å². The third-order valence-corrected chi connectivity index (χ3v) is 2.61. The molecule has 0 fully saturated rings. The standard InChI is InChI=1S/C13H16N2O3/c1-8-4-11(6-16)5-9(2)13(8)17-7-12-14-10(3)15-18-12/h4-5,16H,6-7H2,1-3H3. The summed E-state index contributed by atoms with van der Waals surface area (Å²) in [6.45, 7) is 5.94. The van der Waals surface area contributed by atoms with E-state index in [1.807, 2.05) is 26.0 Å². The molecule has 1 aromatic heterocycles. The van der Waals surface area contributed by atoms with Crippen molar-refractivity contribution in [3.05, 3.63) is 40.5 Å². The first-order chi connectivity index (χ1) is 8.60. The van der Waals surface area contributed by atoms with Gasteiger partial charge in [-0.1, -0.05) is 17.3 Å². The molecule has 1 aromatic carbocycles. The highest BCUT2D eigenvalue weighted by atomic mass is 16.5. The molecule has 2 aromatic rings. The lowest BCUT2D eigenvalue weighted by Gasteiger charge is -2.12. The average Bonchev–Trinajstić information content (AvgIpc) is 2.73. The van der Waals surface area contributed by atoms with Crippen LogP contribution in [0, 0.1) is 20.8 Å². The number of nitrogens with zero attached hydrogens (tertiary/aromatic N) is 2. The van der Waals surface area contributed by atoms with Crippen LogP contribution in [0.3, 0.4) is 0 Å². The van der Waals surface area contributed by atoms with Gasteiger partial charge in [0.1, 0.15) is 5.75 Å². The first kappa shape index (κ1) is 12.6. The highest BCUT2D eigenvalue weighted by Gasteiger charge is 2.09. The summed E-state index contributed by atoms with van der Waals surface area (Å²) in [7, 11) is 0. The zero-order valence-electron chi connectivity index (χ0n) is 10.7. The molecular weight excluding hydrogens is 232 g/mol. The second-order valence-corrected chi connectivity index (χ2v) is 4.24. The fourth-order valence-electron chi connectivity index (χ4n) is 1.89. The van der Waals surface area contributed by atoms with Crippen molar-refractivity contribution in [3.63, 3.8) is 0 Å². The Morgan fingerprint density at radius 3 is 2.39 bits per heavy atom. The summed E-state index contributed by atoms with van der Waals surface area (Å²) in [4.78, 5) is 4.08. The maximum Gasteiger partial charge on any atom is 0.264 e. The Balaban J connectivity index is 2.14. The van der Waals surface area contributed by atoms with Crippen LogP contribution in [-0.4, -0.2) is 15.2 Å². The lowest BCUT2D eigenvalue weighted by Crippen LogP contribution is -2.00. The van der Waals surface area contributed by atoms with E-state index in [-0.39, 0.29) is 13.2 Å². The molecule has 1 N–H and O–H groups in total. The Morgan fingerprint density at radius 1 is 1.22 bits per heavy atom. The van der Waals surface area contributed by atoms with Gasteiger partial charge in [0.25, 0.3) is 5.89 Å². The molecule has 1 heterocycles. The van der Waals surface area contributed by atoms with E-state index < -0.39 is 0 Å². The van der Waals surface area contributed by atoms with E-state index in [1.165, 1.54) is 0 Å². The van der Waals surface area contributed by atoms with Gasteiger partial charge in [0.2, 0.25) is 0 Å². The molecule has 0 aliphatic heterocycles. The predicted octanol–water partition coefficient (Wildman–Crippen LogP) is 2.07. The third kappa shape index (κ3) is 2.68. The van der Waals surface area contributed by atoms with Crippen LogP contribution in [0.15, 0.2) is 16.7 Å². The van der Waals surface area contributed by atoms with Crippen molar-refractivity contribution in [2.45, 2.75) is 34.0 Å². The Labute approximate surface area is 105 Å². The van der Waals surface area contributed by atoms with Gasteiger partial charge < -0.3 is 14.4 Å². The lowest BCUT2D eigenvalue weighted by atomic mass is 10.1. The highest BCUT2D eigenvalue weighted by Crippen LogP contribution is 2.25. The molecule has 0 bridgehead atoms. The van der Waals surface area contributed by atoms with E-state index in [1.54, 1.807) is 6.92 Å². The molecule has 96 valence electrons. The maximum atomic E-state index is 9.11. The van der Waals surface area contributed by atoms with Gasteiger partial charge in [-0.3, -0.25) is 0 Å². The number of ether oxygens (including phenoxy) is 1. The van der Waals surface area contributed by atoms with E-state index in [4.69, 9.17) is 14.4 Å². The van der Waals surface area contributed by atoms with Crippen molar-refractivity contribution in [1.29, 1.82) is 0 Å². The Kier molecular flexibility index (Phi) is 3.62. The number of hydrogen-bond acceptors (Lipinski definition) is 5. The van der Waals surface area contributed by atoms with E-state index in [0.29, 0.717) is 11.7 Å². The normalized spacial score (nSPS) is 10.7. The Morgan fingerprint density at radius 2 is 1.89 bits per heavy atom. The Bertz CT molecular complexity index is 526. The van der Waals surface area contributed by atoms with Gasteiger partial charge in [-0.15, -0.1) is 0 Å². The molecule has 0 saturated carbocycles. The molecular formula is C13H16N2O3. The van der Waals surface area contributed by atoms with E-state index in [0.717, 1.165) is 22.4 Å². The van der Waals surface area contributed by atoms with Gasteiger partial charge in [-0.25, -0.2) is 0 Å². The van der Waals surface area contributed by atoms with Crippen LogP contribution in [0.5, 0.6) is 5.75 Å². The molecule has 0 spiro atoms. The number of aliphatic hydroxyl groups is 1. The van der Waals surface area contributed by atoms with Crippen molar-refractivity contribution < 1.29 is 14.4 Å². The molecule has 0 aliphatic rings. The summed E-state index contributed by atoms with van der Waals surface area (Å²) in [5.41, 5.74) is 2.84. The minimum absolute atomic E-state index is 0.0326. The lowest BCUT2D eigenvalue weighted by molar-refractivity contribution is 0.239. The highest BCUT2D eigenvalue weighted by molar-refractivity contribution is 5.43. The minimum atomic E-state index is 0.0326. The van der Waals surface area contributed by atoms with Gasteiger partial charge in [0, 0.05) is 0 Å². The molecule has 0 radical (unpaired) electrons. The summed E-state index contributed by atoms with van der Waals surface area (Å²) < 4.78 is 10.7. The molecule has 2 rings (SSSR count). The van der Waals surface area contributed by atoms with E-state index >= 15 is 0 Å². The van der Waals surface area contributed by atoms with Gasteiger partial charge in [0.15, 0.2) is 12.4 Å². The summed E-state index contributed by atoms with van der Waals surface area (Å²) in [6.07, 6.45) is 0. The van der Waals surface area contributed by atoms with Crippen LogP contribution in [0.1, 0.15) is 28.4 Å². The van der Waals surface area contributed by atoms with E-state index in [2.05, 4.69) is 10.1 Å². The second kappa shape index (κ2) is 5.18. The Hall–Kier alpha value is -1.88. The van der Waals surface area contributed by atoms with Crippen molar-refractivity contribution >= 4 is 0 Å². The molecule has 0 saturated heterocycles. The number of rotatable bonds is 4. The van der Waals surface area contributed by atoms with Gasteiger partial charge in [-0.05, 0) is 37.5 Å². The van der Waals surface area contributed by atoms with E-state index in [9.17, 15) is 0 Å². The smallest absolute Gasteiger partial charge is 0.264 e. The van der Waals surface area contributed by atoms with Crippen LogP contribution in [0.25, 0.3) is 0 Å². The zero-order chi connectivity index (χ0) is 13.1. The predicted molar refractivity (Wildman–Crippen MR) is 65.2 cm³/mol. The van der Waals surface area contributed by atoms with Crippen molar-refractivity contribution in [2.75, 3.05) is 0 Å². The van der Waals surface area contributed by atoms with Crippen molar-refractivity contribution in [1.82, 2.24) is 10.1 Å². The van der Waals surface area contributed by atoms with Crippen LogP contribution < -0.4 is 4.74 Å². The SMILES string of the molecule is Cc1noc(COc2c(C)cc(CO)cc2C)n1. The fourth-order valence-corrected chi connectivity index (χ4v) is 1.89. The van der Waals surface area contributed by atoms with Crippen LogP contribution in [0.2, 0.25) is 0 Å².